The summed E-state index contributed by atoms with van der Waals surface area (Å²) in [4.78, 5) is 20.2. The van der Waals surface area contributed by atoms with E-state index in [1.807, 2.05) is 30.3 Å². The van der Waals surface area contributed by atoms with E-state index in [1.54, 1.807) is 17.5 Å². The lowest BCUT2D eigenvalue weighted by molar-refractivity contribution is -0.141. The van der Waals surface area contributed by atoms with Gasteiger partial charge >= 0.3 is 12.1 Å². The topological polar surface area (TPSA) is 52.1 Å². The first-order valence-corrected chi connectivity index (χ1v) is 10.6. The minimum absolute atomic E-state index is 0.107. The van der Waals surface area contributed by atoms with Gasteiger partial charge in [0.05, 0.1) is 22.9 Å². The van der Waals surface area contributed by atoms with Crippen molar-refractivity contribution in [2.45, 2.75) is 24.2 Å². The van der Waals surface area contributed by atoms with Crippen LogP contribution in [0.25, 0.3) is 10.6 Å². The molecule has 0 spiro atoms. The molecule has 9 heteroatoms. The number of thiophene rings is 1. The van der Waals surface area contributed by atoms with Gasteiger partial charge in [0.2, 0.25) is 0 Å². The lowest BCUT2D eigenvalue weighted by Crippen LogP contribution is -2.12. The molecule has 0 aliphatic rings. The second-order valence-corrected chi connectivity index (χ2v) is 7.88. The number of aryl methyl sites for hydroxylation is 1. The molecule has 3 rings (SSSR count). The zero-order chi connectivity index (χ0) is 20.7. The molecule has 2 aromatic heterocycles. The molecule has 0 bridgehead atoms. The first-order chi connectivity index (χ1) is 13.9. The molecule has 29 heavy (non-hydrogen) atoms. The normalized spacial score (nSPS) is 11.4. The average Bonchev–Trinajstić information content (AvgIpc) is 3.24. The number of ether oxygens (including phenoxy) is 1. The SMILES string of the molecule is O=C(CSc1nc(-c2cccs2)cc(C(F)(F)F)n1)OCCCc1ccccc1. The van der Waals surface area contributed by atoms with Gasteiger partial charge in [-0.1, -0.05) is 48.2 Å². The highest BCUT2D eigenvalue weighted by Crippen LogP contribution is 2.33. The number of nitrogens with zero attached hydrogens (tertiary/aromatic N) is 2. The van der Waals surface area contributed by atoms with E-state index in [2.05, 4.69) is 9.97 Å². The van der Waals surface area contributed by atoms with Crippen LogP contribution in [0.15, 0.2) is 59.1 Å². The molecule has 0 atom stereocenters. The van der Waals surface area contributed by atoms with Crippen LogP contribution in [0.1, 0.15) is 17.7 Å². The molecule has 0 saturated heterocycles. The predicted molar refractivity (Wildman–Crippen MR) is 107 cm³/mol. The minimum Gasteiger partial charge on any atom is -0.465 e. The maximum atomic E-state index is 13.1. The molecule has 3 aromatic rings. The first kappa shape index (κ1) is 21.3. The van der Waals surface area contributed by atoms with Crippen LogP contribution in [0.5, 0.6) is 0 Å². The van der Waals surface area contributed by atoms with E-state index in [0.717, 1.165) is 29.8 Å². The Morgan fingerprint density at radius 3 is 2.59 bits per heavy atom. The van der Waals surface area contributed by atoms with Gasteiger partial charge in [-0.05, 0) is 35.9 Å². The fourth-order valence-corrected chi connectivity index (χ4v) is 3.80. The summed E-state index contributed by atoms with van der Waals surface area (Å²) in [5.41, 5.74) is 0.298. The molecule has 2 heterocycles. The summed E-state index contributed by atoms with van der Waals surface area (Å²) >= 11 is 2.11. The van der Waals surface area contributed by atoms with Gasteiger partial charge in [-0.3, -0.25) is 4.79 Å². The minimum atomic E-state index is -4.60. The van der Waals surface area contributed by atoms with Gasteiger partial charge in [-0.25, -0.2) is 9.97 Å². The highest BCUT2D eigenvalue weighted by atomic mass is 32.2. The molecule has 0 unspecified atom stereocenters. The molecule has 0 radical (unpaired) electrons. The van der Waals surface area contributed by atoms with E-state index in [-0.39, 0.29) is 23.2 Å². The number of alkyl halides is 3. The van der Waals surface area contributed by atoms with Crippen molar-refractivity contribution >= 4 is 29.1 Å². The fourth-order valence-electron chi connectivity index (χ4n) is 2.46. The van der Waals surface area contributed by atoms with E-state index >= 15 is 0 Å². The van der Waals surface area contributed by atoms with Crippen LogP contribution in [0.3, 0.4) is 0 Å². The number of benzene rings is 1. The van der Waals surface area contributed by atoms with Crippen LogP contribution in [-0.4, -0.2) is 28.3 Å². The average molecular weight is 438 g/mol. The lowest BCUT2D eigenvalue weighted by atomic mass is 10.1. The number of esters is 1. The van der Waals surface area contributed by atoms with Crippen molar-refractivity contribution in [1.29, 1.82) is 0 Å². The largest absolute Gasteiger partial charge is 0.465 e. The third-order valence-electron chi connectivity index (χ3n) is 3.80. The standard InChI is InChI=1S/C20H17F3N2O2S2/c21-20(22,23)17-12-15(16-9-5-11-28-16)24-19(25-17)29-13-18(26)27-10-4-8-14-6-2-1-3-7-14/h1-3,5-7,9,11-12H,4,8,10,13H2. The van der Waals surface area contributed by atoms with Gasteiger partial charge in [-0.2, -0.15) is 13.2 Å². The second kappa shape index (κ2) is 9.89. The van der Waals surface area contributed by atoms with Gasteiger partial charge < -0.3 is 4.74 Å². The number of carbonyl (C=O) groups excluding carboxylic acids is 1. The summed E-state index contributed by atoms with van der Waals surface area (Å²) in [7, 11) is 0. The number of thioether (sulfide) groups is 1. The Kier molecular flexibility index (Phi) is 7.27. The van der Waals surface area contributed by atoms with Crippen LogP contribution >= 0.6 is 23.1 Å². The van der Waals surface area contributed by atoms with Crippen molar-refractivity contribution in [1.82, 2.24) is 9.97 Å². The van der Waals surface area contributed by atoms with Crippen LogP contribution < -0.4 is 0 Å². The zero-order valence-corrected chi connectivity index (χ0v) is 16.8. The van der Waals surface area contributed by atoms with Gasteiger partial charge in [0.25, 0.3) is 0 Å². The molecular weight excluding hydrogens is 421 g/mol. The van der Waals surface area contributed by atoms with E-state index in [4.69, 9.17) is 4.74 Å². The van der Waals surface area contributed by atoms with E-state index < -0.39 is 17.8 Å². The van der Waals surface area contributed by atoms with Gasteiger partial charge in [-0.15, -0.1) is 11.3 Å². The molecule has 4 nitrogen and oxygen atoms in total. The van der Waals surface area contributed by atoms with Gasteiger partial charge in [0, 0.05) is 0 Å². The summed E-state index contributed by atoms with van der Waals surface area (Å²) in [5.74, 6) is -0.668. The molecule has 0 fully saturated rings. The zero-order valence-electron chi connectivity index (χ0n) is 15.2. The Bertz CT molecular complexity index is 933. The highest BCUT2D eigenvalue weighted by Gasteiger charge is 2.34. The summed E-state index contributed by atoms with van der Waals surface area (Å²) in [6.07, 6.45) is -3.15. The number of hydrogen-bond acceptors (Lipinski definition) is 6. The number of rotatable bonds is 8. The van der Waals surface area contributed by atoms with E-state index in [0.29, 0.717) is 11.3 Å². The maximum Gasteiger partial charge on any atom is 0.433 e. The Morgan fingerprint density at radius 2 is 1.90 bits per heavy atom. The Labute approximate surface area is 174 Å². The van der Waals surface area contributed by atoms with Crippen molar-refractivity contribution in [3.05, 3.63) is 65.2 Å². The van der Waals surface area contributed by atoms with Crippen molar-refractivity contribution in [2.75, 3.05) is 12.4 Å². The van der Waals surface area contributed by atoms with Crippen LogP contribution in [0, 0.1) is 0 Å². The number of carbonyl (C=O) groups is 1. The number of aromatic nitrogens is 2. The van der Waals surface area contributed by atoms with Crippen molar-refractivity contribution in [3.8, 4) is 10.6 Å². The smallest absolute Gasteiger partial charge is 0.433 e. The second-order valence-electron chi connectivity index (χ2n) is 5.99. The molecular formula is C20H17F3N2O2S2. The Morgan fingerprint density at radius 1 is 1.10 bits per heavy atom. The fraction of sp³-hybridized carbons (Fsp3) is 0.250. The Hall–Kier alpha value is -2.39. The molecule has 0 saturated carbocycles. The molecule has 1 aromatic carbocycles. The Balaban J connectivity index is 1.55. The molecule has 0 N–H and O–H groups in total. The monoisotopic (exact) mass is 438 g/mol. The van der Waals surface area contributed by atoms with Gasteiger partial charge in [0.15, 0.2) is 5.16 Å². The third kappa shape index (κ3) is 6.57. The number of hydrogen-bond donors (Lipinski definition) is 0. The van der Waals surface area contributed by atoms with E-state index in [9.17, 15) is 18.0 Å². The molecule has 152 valence electrons. The van der Waals surface area contributed by atoms with Crippen molar-refractivity contribution in [3.63, 3.8) is 0 Å². The maximum absolute atomic E-state index is 13.1. The van der Waals surface area contributed by atoms with Crippen LogP contribution in [0.2, 0.25) is 0 Å². The van der Waals surface area contributed by atoms with Crippen LogP contribution in [-0.2, 0) is 22.1 Å². The predicted octanol–water partition coefficient (Wildman–Crippen LogP) is 5.49. The summed E-state index contributed by atoms with van der Waals surface area (Å²) in [5, 5.41) is 1.65. The van der Waals surface area contributed by atoms with Crippen molar-refractivity contribution < 1.29 is 22.7 Å². The third-order valence-corrected chi connectivity index (χ3v) is 5.52. The number of halogens is 3. The summed E-state index contributed by atoms with van der Waals surface area (Å²) in [6, 6.07) is 14.1. The van der Waals surface area contributed by atoms with Crippen LogP contribution in [0.4, 0.5) is 13.2 Å². The van der Waals surface area contributed by atoms with Gasteiger partial charge in [0.1, 0.15) is 5.69 Å². The molecule has 0 amide bonds. The molecule has 0 aliphatic carbocycles. The highest BCUT2D eigenvalue weighted by molar-refractivity contribution is 7.99. The quantitative estimate of drug-likeness (QED) is 0.201. The first-order valence-electron chi connectivity index (χ1n) is 8.74. The van der Waals surface area contributed by atoms with Crippen molar-refractivity contribution in [2.24, 2.45) is 0 Å². The lowest BCUT2D eigenvalue weighted by Gasteiger charge is -2.09. The molecule has 0 aliphatic heterocycles. The van der Waals surface area contributed by atoms with E-state index in [1.165, 1.54) is 11.3 Å². The summed E-state index contributed by atoms with van der Waals surface area (Å²) in [6.45, 7) is 0.248. The summed E-state index contributed by atoms with van der Waals surface area (Å²) < 4.78 is 44.6.